The number of sulfone groups is 1. The molecule has 17 heavy (non-hydrogen) atoms. The molecule has 3 nitrogen and oxygen atoms in total. The Kier molecular flexibility index (Phi) is 5.08. The minimum Gasteiger partial charge on any atom is -0.314 e. The minimum atomic E-state index is -3.52. The van der Waals surface area contributed by atoms with Crippen LogP contribution in [0.4, 0.5) is 4.39 Å². The third-order valence-corrected chi connectivity index (χ3v) is 4.32. The largest absolute Gasteiger partial charge is 0.314 e. The van der Waals surface area contributed by atoms with Gasteiger partial charge in [0.15, 0.2) is 9.84 Å². The van der Waals surface area contributed by atoms with Gasteiger partial charge in [-0.2, -0.15) is 0 Å². The Labute approximate surface area is 102 Å². The average molecular weight is 259 g/mol. The van der Waals surface area contributed by atoms with Crippen LogP contribution in [0.3, 0.4) is 0 Å². The molecule has 1 rings (SSSR count). The molecule has 1 atom stereocenters. The summed E-state index contributed by atoms with van der Waals surface area (Å²) in [5, 5.41) is 3.13. The molecular weight excluding hydrogens is 241 g/mol. The van der Waals surface area contributed by atoms with Crippen molar-refractivity contribution < 1.29 is 12.8 Å². The molecule has 1 aromatic rings. The second-order valence-corrected chi connectivity index (χ2v) is 6.07. The van der Waals surface area contributed by atoms with E-state index in [1.54, 1.807) is 0 Å². The molecule has 0 saturated carbocycles. The maximum atomic E-state index is 13.4. The van der Waals surface area contributed by atoms with E-state index in [2.05, 4.69) is 5.32 Å². The van der Waals surface area contributed by atoms with Crippen LogP contribution in [0, 0.1) is 5.82 Å². The van der Waals surface area contributed by atoms with Crippen LogP contribution < -0.4 is 5.32 Å². The summed E-state index contributed by atoms with van der Waals surface area (Å²) < 4.78 is 37.2. The molecule has 0 aliphatic heterocycles. The summed E-state index contributed by atoms with van der Waals surface area (Å²) in [7, 11) is -3.52. The first kappa shape index (κ1) is 14.1. The molecule has 1 N–H and O–H groups in total. The maximum absolute atomic E-state index is 13.4. The van der Waals surface area contributed by atoms with Crippen LogP contribution in [0.1, 0.15) is 20.3 Å². The van der Waals surface area contributed by atoms with Crippen molar-refractivity contribution in [1.29, 1.82) is 0 Å². The molecule has 5 heteroatoms. The summed E-state index contributed by atoms with van der Waals surface area (Å²) in [5.41, 5.74) is 0. The van der Waals surface area contributed by atoms with E-state index in [-0.39, 0.29) is 16.7 Å². The van der Waals surface area contributed by atoms with E-state index in [9.17, 15) is 12.8 Å². The lowest BCUT2D eigenvalue weighted by molar-refractivity contribution is 0.535. The van der Waals surface area contributed by atoms with Crippen molar-refractivity contribution in [2.75, 3.05) is 12.3 Å². The molecule has 1 aromatic carbocycles. The van der Waals surface area contributed by atoms with Crippen LogP contribution in [-0.2, 0) is 9.84 Å². The van der Waals surface area contributed by atoms with Gasteiger partial charge in [0, 0.05) is 6.04 Å². The van der Waals surface area contributed by atoms with Gasteiger partial charge in [-0.25, -0.2) is 12.8 Å². The fraction of sp³-hybridized carbons (Fsp3) is 0.500. The molecular formula is C12H18FNO2S. The van der Waals surface area contributed by atoms with E-state index in [0.717, 1.165) is 6.54 Å². The zero-order valence-electron chi connectivity index (χ0n) is 10.1. The minimum absolute atomic E-state index is 0.0396. The Balaban J connectivity index is 2.73. The topological polar surface area (TPSA) is 46.2 Å². The lowest BCUT2D eigenvalue weighted by Crippen LogP contribution is -2.28. The van der Waals surface area contributed by atoms with Crippen molar-refractivity contribution in [3.8, 4) is 0 Å². The van der Waals surface area contributed by atoms with E-state index >= 15 is 0 Å². The molecule has 0 spiro atoms. The molecule has 0 aromatic heterocycles. The Morgan fingerprint density at radius 1 is 1.35 bits per heavy atom. The van der Waals surface area contributed by atoms with Gasteiger partial charge >= 0.3 is 0 Å². The summed E-state index contributed by atoms with van der Waals surface area (Å²) in [4.78, 5) is -0.205. The predicted octanol–water partition coefficient (Wildman–Crippen LogP) is 1.99. The van der Waals surface area contributed by atoms with Crippen molar-refractivity contribution in [2.45, 2.75) is 31.2 Å². The van der Waals surface area contributed by atoms with E-state index in [1.165, 1.54) is 24.3 Å². The zero-order valence-corrected chi connectivity index (χ0v) is 10.9. The number of hydrogen-bond acceptors (Lipinski definition) is 3. The second kappa shape index (κ2) is 6.12. The van der Waals surface area contributed by atoms with Crippen LogP contribution in [0.2, 0.25) is 0 Å². The van der Waals surface area contributed by atoms with Crippen LogP contribution in [0.25, 0.3) is 0 Å². The van der Waals surface area contributed by atoms with Crippen molar-refractivity contribution in [1.82, 2.24) is 5.32 Å². The van der Waals surface area contributed by atoms with Gasteiger partial charge in [-0.05, 0) is 32.0 Å². The Morgan fingerprint density at radius 2 is 2.00 bits per heavy atom. The molecule has 0 bridgehead atoms. The predicted molar refractivity (Wildman–Crippen MR) is 66.2 cm³/mol. The van der Waals surface area contributed by atoms with Crippen LogP contribution in [0.5, 0.6) is 0 Å². The first-order valence-corrected chi connectivity index (χ1v) is 7.33. The average Bonchev–Trinajstić information content (AvgIpc) is 2.27. The molecule has 0 saturated heterocycles. The second-order valence-electron chi connectivity index (χ2n) is 4.00. The molecule has 0 amide bonds. The third-order valence-electron chi connectivity index (χ3n) is 2.54. The fourth-order valence-corrected chi connectivity index (χ4v) is 3.12. The molecule has 96 valence electrons. The van der Waals surface area contributed by atoms with E-state index in [4.69, 9.17) is 0 Å². The molecule has 0 aliphatic carbocycles. The highest BCUT2D eigenvalue weighted by molar-refractivity contribution is 7.91. The zero-order chi connectivity index (χ0) is 12.9. The standard InChI is InChI=1S/C12H18FNO2S/c1-3-14-10(2)8-9-17(15,16)12-7-5-4-6-11(12)13/h4-7,10,14H,3,8-9H2,1-2H3. The van der Waals surface area contributed by atoms with E-state index in [1.807, 2.05) is 13.8 Å². The summed E-state index contributed by atoms with van der Waals surface area (Å²) in [6.07, 6.45) is 0.477. The molecule has 0 heterocycles. The number of hydrogen-bond donors (Lipinski definition) is 1. The van der Waals surface area contributed by atoms with Crippen molar-refractivity contribution in [3.63, 3.8) is 0 Å². The SMILES string of the molecule is CCNC(C)CCS(=O)(=O)c1ccccc1F. The van der Waals surface area contributed by atoms with Crippen LogP contribution in [-0.4, -0.2) is 26.8 Å². The Bertz CT molecular complexity index is 459. The first-order chi connectivity index (χ1) is 7.97. The highest BCUT2D eigenvalue weighted by Gasteiger charge is 2.19. The van der Waals surface area contributed by atoms with Gasteiger partial charge in [0.1, 0.15) is 10.7 Å². The fourth-order valence-electron chi connectivity index (χ4n) is 1.59. The normalized spacial score (nSPS) is 13.6. The highest BCUT2D eigenvalue weighted by atomic mass is 32.2. The van der Waals surface area contributed by atoms with Gasteiger partial charge in [0.05, 0.1) is 5.75 Å². The third kappa shape index (κ3) is 4.09. The lowest BCUT2D eigenvalue weighted by atomic mass is 10.3. The summed E-state index contributed by atoms with van der Waals surface area (Å²) >= 11 is 0. The van der Waals surface area contributed by atoms with Gasteiger partial charge in [0.2, 0.25) is 0 Å². The smallest absolute Gasteiger partial charge is 0.181 e. The van der Waals surface area contributed by atoms with E-state index < -0.39 is 15.7 Å². The molecule has 1 unspecified atom stereocenters. The molecule has 0 radical (unpaired) electrons. The quantitative estimate of drug-likeness (QED) is 0.850. The van der Waals surface area contributed by atoms with Gasteiger partial charge in [-0.15, -0.1) is 0 Å². The lowest BCUT2D eigenvalue weighted by Gasteiger charge is -2.12. The van der Waals surface area contributed by atoms with Crippen molar-refractivity contribution in [2.24, 2.45) is 0 Å². The highest BCUT2D eigenvalue weighted by Crippen LogP contribution is 2.16. The van der Waals surface area contributed by atoms with Gasteiger partial charge in [-0.3, -0.25) is 0 Å². The van der Waals surface area contributed by atoms with Gasteiger partial charge in [-0.1, -0.05) is 19.1 Å². The number of benzene rings is 1. The first-order valence-electron chi connectivity index (χ1n) is 5.68. The number of rotatable bonds is 6. The Hall–Kier alpha value is -0.940. The van der Waals surface area contributed by atoms with Crippen molar-refractivity contribution >= 4 is 9.84 Å². The van der Waals surface area contributed by atoms with E-state index in [0.29, 0.717) is 6.42 Å². The monoisotopic (exact) mass is 259 g/mol. The van der Waals surface area contributed by atoms with Crippen LogP contribution >= 0.6 is 0 Å². The van der Waals surface area contributed by atoms with Gasteiger partial charge in [0.25, 0.3) is 0 Å². The molecule has 0 aliphatic rings. The number of nitrogens with one attached hydrogen (secondary N) is 1. The number of halogens is 1. The van der Waals surface area contributed by atoms with Gasteiger partial charge < -0.3 is 5.32 Å². The van der Waals surface area contributed by atoms with Crippen molar-refractivity contribution in [3.05, 3.63) is 30.1 Å². The summed E-state index contributed by atoms with van der Waals surface area (Å²) in [5.74, 6) is -0.717. The maximum Gasteiger partial charge on any atom is 0.181 e. The van der Waals surface area contributed by atoms with Crippen LogP contribution in [0.15, 0.2) is 29.2 Å². The molecule has 0 fully saturated rings. The Morgan fingerprint density at radius 3 is 2.59 bits per heavy atom. The summed E-state index contributed by atoms with van der Waals surface area (Å²) in [6.45, 7) is 4.67. The summed E-state index contributed by atoms with van der Waals surface area (Å²) in [6, 6.07) is 5.60.